The maximum atomic E-state index is 2.72. The van der Waals surface area contributed by atoms with E-state index in [4.69, 9.17) is 0 Å². The molecule has 0 spiro atoms. The van der Waals surface area contributed by atoms with Crippen molar-refractivity contribution < 1.29 is 0 Å². The molecule has 1 unspecified atom stereocenters. The minimum absolute atomic E-state index is 0.638. The molecule has 1 atom stereocenters. The molecule has 20 heavy (non-hydrogen) atoms. The van der Waals surface area contributed by atoms with Crippen molar-refractivity contribution in [2.75, 3.05) is 0 Å². The van der Waals surface area contributed by atoms with Crippen molar-refractivity contribution in [3.8, 4) is 0 Å². The predicted molar refractivity (Wildman–Crippen MR) is 96.3 cm³/mol. The highest BCUT2D eigenvalue weighted by molar-refractivity contribution is 6.83. The molecule has 118 valence electrons. The minimum atomic E-state index is -1.07. The average molecular weight is 295 g/mol. The lowest BCUT2D eigenvalue weighted by atomic mass is 9.95. The molecular formula is C19H38Si. The molecule has 0 amide bonds. The summed E-state index contributed by atoms with van der Waals surface area (Å²) in [5, 5.41) is 0.638. The monoisotopic (exact) mass is 294 g/mol. The Bertz CT molecular complexity index is 277. The molecule has 1 aliphatic heterocycles. The van der Waals surface area contributed by atoms with Gasteiger partial charge in [0.2, 0.25) is 0 Å². The van der Waals surface area contributed by atoms with E-state index >= 15 is 0 Å². The second-order valence-electron chi connectivity index (χ2n) is 6.96. The number of hydrogen-bond acceptors (Lipinski definition) is 0. The van der Waals surface area contributed by atoms with Gasteiger partial charge in [-0.3, -0.25) is 0 Å². The summed E-state index contributed by atoms with van der Waals surface area (Å²) in [6.45, 7) is 9.73. The Balaban J connectivity index is 2.69. The topological polar surface area (TPSA) is 0 Å². The van der Waals surface area contributed by atoms with Crippen LogP contribution in [0.25, 0.3) is 0 Å². The van der Waals surface area contributed by atoms with Gasteiger partial charge in [-0.2, -0.15) is 0 Å². The van der Waals surface area contributed by atoms with Gasteiger partial charge in [-0.1, -0.05) is 90.1 Å². The molecule has 0 N–H and O–H groups in total. The van der Waals surface area contributed by atoms with Gasteiger partial charge in [0.15, 0.2) is 0 Å². The van der Waals surface area contributed by atoms with Crippen molar-refractivity contribution in [3.63, 3.8) is 0 Å². The lowest BCUT2D eigenvalue weighted by Crippen LogP contribution is -2.48. The van der Waals surface area contributed by atoms with E-state index in [0.29, 0.717) is 5.04 Å². The fourth-order valence-electron chi connectivity index (χ4n) is 4.65. The van der Waals surface area contributed by atoms with E-state index in [1.807, 2.05) is 0 Å². The molecule has 1 heteroatoms. The number of rotatable bonds is 9. The lowest BCUT2D eigenvalue weighted by molar-refractivity contribution is 0.494. The zero-order valence-electron chi connectivity index (χ0n) is 14.6. The molecule has 0 saturated carbocycles. The van der Waals surface area contributed by atoms with Crippen LogP contribution < -0.4 is 0 Å². The lowest BCUT2D eigenvalue weighted by Gasteiger charge is -2.51. The highest BCUT2D eigenvalue weighted by Crippen LogP contribution is 2.56. The zero-order chi connectivity index (χ0) is 14.9. The van der Waals surface area contributed by atoms with Crippen LogP contribution in [0.2, 0.25) is 23.2 Å². The summed E-state index contributed by atoms with van der Waals surface area (Å²) in [5.74, 6) is 0. The van der Waals surface area contributed by atoms with Gasteiger partial charge < -0.3 is 0 Å². The third-order valence-electron chi connectivity index (χ3n) is 6.23. The molecule has 0 aromatic rings. The van der Waals surface area contributed by atoms with Crippen molar-refractivity contribution in [1.29, 1.82) is 0 Å². The maximum Gasteiger partial charge on any atom is 0.0635 e. The largest absolute Gasteiger partial charge is 0.0883 e. The standard InChI is InChI=1S/C19H38Si/c1-5-9-10-11-12-13-16-19(6-2)17-14-15-18-20(19,7-3)8-4/h13,16H,5-12,14-15,17-18H2,1-4H3. The van der Waals surface area contributed by atoms with Crippen LogP contribution in [0.4, 0.5) is 0 Å². The fourth-order valence-corrected chi connectivity index (χ4v) is 10.6. The second kappa shape index (κ2) is 9.07. The molecule has 0 radical (unpaired) electrons. The molecule has 1 rings (SSSR count). The van der Waals surface area contributed by atoms with E-state index in [2.05, 4.69) is 39.8 Å². The first-order chi connectivity index (χ1) is 9.70. The number of unbranched alkanes of at least 4 members (excludes halogenated alkanes) is 4. The Hall–Kier alpha value is -0.0431. The van der Waals surface area contributed by atoms with Crippen molar-refractivity contribution in [2.24, 2.45) is 0 Å². The molecule has 0 aliphatic carbocycles. The van der Waals surface area contributed by atoms with E-state index in [1.165, 1.54) is 69.9 Å². The first kappa shape index (κ1) is 18.0. The predicted octanol–water partition coefficient (Wildman–Crippen LogP) is 7.34. The highest BCUT2D eigenvalue weighted by atomic mass is 28.3. The fraction of sp³-hybridized carbons (Fsp3) is 0.895. The van der Waals surface area contributed by atoms with Crippen LogP contribution in [-0.4, -0.2) is 8.07 Å². The first-order valence-corrected chi connectivity index (χ1v) is 12.0. The Morgan fingerprint density at radius 1 is 0.950 bits per heavy atom. The first-order valence-electron chi connectivity index (χ1n) is 9.38. The third kappa shape index (κ3) is 3.99. The Morgan fingerprint density at radius 3 is 2.30 bits per heavy atom. The van der Waals surface area contributed by atoms with Crippen LogP contribution in [0.1, 0.15) is 85.5 Å². The minimum Gasteiger partial charge on any atom is -0.0883 e. The van der Waals surface area contributed by atoms with Crippen LogP contribution in [-0.2, 0) is 0 Å². The number of allylic oxidation sites excluding steroid dienone is 2. The Labute approximate surface area is 129 Å². The van der Waals surface area contributed by atoms with Gasteiger partial charge in [0.1, 0.15) is 0 Å². The third-order valence-corrected chi connectivity index (χ3v) is 13.1. The molecule has 0 aromatic heterocycles. The summed E-state index contributed by atoms with van der Waals surface area (Å²) in [4.78, 5) is 0. The van der Waals surface area contributed by atoms with Crippen LogP contribution >= 0.6 is 0 Å². The molecule has 1 fully saturated rings. The molecular weight excluding hydrogens is 256 g/mol. The van der Waals surface area contributed by atoms with E-state index in [9.17, 15) is 0 Å². The summed E-state index contributed by atoms with van der Waals surface area (Å²) < 4.78 is 0. The van der Waals surface area contributed by atoms with Gasteiger partial charge >= 0.3 is 0 Å². The molecule has 1 heterocycles. The molecule has 1 aliphatic rings. The smallest absolute Gasteiger partial charge is 0.0635 e. The van der Waals surface area contributed by atoms with Crippen LogP contribution in [0, 0.1) is 0 Å². The van der Waals surface area contributed by atoms with Crippen molar-refractivity contribution >= 4 is 8.07 Å². The summed E-state index contributed by atoms with van der Waals surface area (Å²) in [6.07, 6.45) is 18.1. The molecule has 1 saturated heterocycles. The van der Waals surface area contributed by atoms with Gasteiger partial charge in [-0.15, -0.1) is 0 Å². The van der Waals surface area contributed by atoms with Gasteiger partial charge in [0.25, 0.3) is 0 Å². The Kier molecular flexibility index (Phi) is 8.17. The highest BCUT2D eigenvalue weighted by Gasteiger charge is 2.48. The van der Waals surface area contributed by atoms with Crippen molar-refractivity contribution in [1.82, 2.24) is 0 Å². The molecule has 0 bridgehead atoms. The SMILES string of the molecule is CCCCCCC=CC1(CC)CCCC[Si]1(CC)CC. The van der Waals surface area contributed by atoms with Gasteiger partial charge in [-0.05, 0) is 30.7 Å². The Morgan fingerprint density at radius 2 is 1.70 bits per heavy atom. The van der Waals surface area contributed by atoms with Crippen molar-refractivity contribution in [2.45, 2.75) is 109 Å². The van der Waals surface area contributed by atoms with Gasteiger partial charge in [-0.25, -0.2) is 0 Å². The number of hydrogen-bond donors (Lipinski definition) is 0. The summed E-state index contributed by atoms with van der Waals surface area (Å²) in [7, 11) is -1.07. The van der Waals surface area contributed by atoms with E-state index in [-0.39, 0.29) is 0 Å². The van der Waals surface area contributed by atoms with Gasteiger partial charge in [0.05, 0.1) is 8.07 Å². The van der Waals surface area contributed by atoms with E-state index in [0.717, 1.165) is 0 Å². The molecule has 0 aromatic carbocycles. The van der Waals surface area contributed by atoms with Crippen LogP contribution in [0.5, 0.6) is 0 Å². The normalized spacial score (nSPS) is 26.2. The average Bonchev–Trinajstić information content (AvgIpc) is 2.51. The quantitative estimate of drug-likeness (QED) is 0.237. The summed E-state index contributed by atoms with van der Waals surface area (Å²) in [5.41, 5.74) is 0. The second-order valence-corrected chi connectivity index (χ2v) is 12.4. The van der Waals surface area contributed by atoms with Crippen molar-refractivity contribution in [3.05, 3.63) is 12.2 Å². The summed E-state index contributed by atoms with van der Waals surface area (Å²) in [6, 6.07) is 4.59. The van der Waals surface area contributed by atoms with Crippen LogP contribution in [0.3, 0.4) is 0 Å². The molecule has 0 nitrogen and oxygen atoms in total. The maximum absolute atomic E-state index is 2.72. The summed E-state index contributed by atoms with van der Waals surface area (Å²) >= 11 is 0. The van der Waals surface area contributed by atoms with E-state index < -0.39 is 8.07 Å². The van der Waals surface area contributed by atoms with Gasteiger partial charge in [0, 0.05) is 0 Å². The van der Waals surface area contributed by atoms with Crippen LogP contribution in [0.15, 0.2) is 12.2 Å². The van der Waals surface area contributed by atoms with E-state index in [1.54, 1.807) is 6.04 Å². The zero-order valence-corrected chi connectivity index (χ0v) is 15.6.